The number of piperazine rings is 1. The number of halogens is 2. The average Bonchev–Trinajstić information content (AvgIpc) is 3.34. The highest BCUT2D eigenvalue weighted by atomic mass is 35.5. The largest absolute Gasteiger partial charge is 0.480 e. The summed E-state index contributed by atoms with van der Waals surface area (Å²) in [6.45, 7) is -0.0778. The van der Waals surface area contributed by atoms with Crippen LogP contribution in [0.15, 0.2) is 109 Å². The Morgan fingerprint density at radius 2 is 1.20 bits per heavy atom. The van der Waals surface area contributed by atoms with Crippen molar-refractivity contribution in [3.05, 3.63) is 141 Å². The summed E-state index contributed by atoms with van der Waals surface area (Å²) in [6.07, 6.45) is 0.904. The molecule has 2 bridgehead atoms. The molecule has 2 fully saturated rings. The van der Waals surface area contributed by atoms with Crippen LogP contribution in [0.4, 0.5) is 0 Å². The number of carbonyl (C=O) groups is 3. The number of fused-ring (bicyclic) bond motifs is 2. The number of hydrogen-bond acceptors (Lipinski definition) is 4. The molecule has 2 aliphatic heterocycles. The highest BCUT2D eigenvalue weighted by Crippen LogP contribution is 2.44. The van der Waals surface area contributed by atoms with Gasteiger partial charge >= 0.3 is 5.97 Å². The minimum Gasteiger partial charge on any atom is -0.480 e. The lowest BCUT2D eigenvalue weighted by atomic mass is 9.83. The van der Waals surface area contributed by atoms with Crippen molar-refractivity contribution < 1.29 is 24.6 Å². The Hall–Kier alpha value is -4.17. The molecular weight excluding hydrogens is 599 g/mol. The molecule has 7 nitrogen and oxygen atoms in total. The zero-order chi connectivity index (χ0) is 31.0. The number of nitrogens with zero attached hydrogens (tertiary/aromatic N) is 2. The van der Waals surface area contributed by atoms with Gasteiger partial charge in [0.25, 0.3) is 5.91 Å². The lowest BCUT2D eigenvalue weighted by Crippen LogP contribution is -2.67. The fraction of sp³-hybridized carbons (Fsp3) is 0.229. The molecule has 0 aromatic heterocycles. The van der Waals surface area contributed by atoms with Crippen LogP contribution in [-0.2, 0) is 20.0 Å². The Morgan fingerprint density at radius 3 is 1.68 bits per heavy atom. The van der Waals surface area contributed by atoms with Gasteiger partial charge in [0.05, 0.1) is 12.0 Å². The molecule has 44 heavy (non-hydrogen) atoms. The number of benzene rings is 4. The van der Waals surface area contributed by atoms with Crippen molar-refractivity contribution >= 4 is 41.0 Å². The molecule has 9 heteroatoms. The monoisotopic (exact) mass is 628 g/mol. The second-order valence-corrected chi connectivity index (χ2v) is 12.0. The number of carboxylic acids is 1. The maximum atomic E-state index is 14.6. The van der Waals surface area contributed by atoms with Crippen molar-refractivity contribution in [2.75, 3.05) is 6.54 Å². The van der Waals surface area contributed by atoms with Gasteiger partial charge in [0.2, 0.25) is 5.91 Å². The molecule has 3 atom stereocenters. The summed E-state index contributed by atoms with van der Waals surface area (Å²) >= 11 is 13.1. The van der Waals surface area contributed by atoms with Gasteiger partial charge < -0.3 is 20.0 Å². The summed E-state index contributed by atoms with van der Waals surface area (Å²) < 4.78 is 0. The Morgan fingerprint density at radius 1 is 0.727 bits per heavy atom. The highest BCUT2D eigenvalue weighted by Gasteiger charge is 2.57. The lowest BCUT2D eigenvalue weighted by Gasteiger charge is -2.48. The minimum absolute atomic E-state index is 0.0778. The molecule has 224 valence electrons. The molecule has 6 rings (SSSR count). The standard InChI is InChI=1S/C35H30Cl2N2O5/c36-27-17-9-7-15-25(27)35(44,26-16-8-10-18-28(26)37)34(43)38-21-24-19-20-29(31(38)33(41)42)39(24)32(40)30(22-11-3-1-4-12-22)23-13-5-2-6-14-23/h1-18,24,29-31,44H,19-21H2,(H,41,42)/t24-,29?,31-/m0/s1. The van der Waals surface area contributed by atoms with Gasteiger partial charge in [-0.15, -0.1) is 0 Å². The third-order valence-electron chi connectivity index (χ3n) is 8.77. The van der Waals surface area contributed by atoms with Crippen molar-refractivity contribution in [1.29, 1.82) is 0 Å². The molecule has 0 aliphatic carbocycles. The topological polar surface area (TPSA) is 98.2 Å². The first-order valence-electron chi connectivity index (χ1n) is 14.4. The number of rotatable bonds is 7. The van der Waals surface area contributed by atoms with E-state index in [4.69, 9.17) is 23.2 Å². The second-order valence-electron chi connectivity index (χ2n) is 11.2. The molecule has 2 heterocycles. The highest BCUT2D eigenvalue weighted by molar-refractivity contribution is 6.33. The normalized spacial score (nSPS) is 19.7. The summed E-state index contributed by atoms with van der Waals surface area (Å²) in [7, 11) is 0. The van der Waals surface area contributed by atoms with E-state index >= 15 is 0 Å². The molecule has 0 radical (unpaired) electrons. The average molecular weight is 630 g/mol. The van der Waals surface area contributed by atoms with Gasteiger partial charge in [-0.1, -0.05) is 120 Å². The molecule has 0 spiro atoms. The summed E-state index contributed by atoms with van der Waals surface area (Å²) in [4.78, 5) is 44.9. The fourth-order valence-corrected chi connectivity index (χ4v) is 7.36. The SMILES string of the molecule is O=C(O)[C@@H]1C2CC[C@@H](CN1C(=O)C(O)(c1ccccc1Cl)c1ccccc1Cl)N2C(=O)C(c1ccccc1)c1ccccc1. The van der Waals surface area contributed by atoms with E-state index in [1.54, 1.807) is 41.3 Å². The number of carbonyl (C=O) groups excluding carboxylic acids is 2. The van der Waals surface area contributed by atoms with Gasteiger partial charge in [0.15, 0.2) is 5.60 Å². The lowest BCUT2D eigenvalue weighted by molar-refractivity contribution is -0.169. The van der Waals surface area contributed by atoms with E-state index in [-0.39, 0.29) is 33.6 Å². The van der Waals surface area contributed by atoms with Crippen LogP contribution in [0.5, 0.6) is 0 Å². The van der Waals surface area contributed by atoms with Crippen molar-refractivity contribution in [2.24, 2.45) is 0 Å². The molecule has 2 saturated heterocycles. The van der Waals surface area contributed by atoms with E-state index in [2.05, 4.69) is 0 Å². The van der Waals surface area contributed by atoms with Gasteiger partial charge in [-0.2, -0.15) is 0 Å². The number of hydrogen-bond donors (Lipinski definition) is 2. The first-order valence-corrected chi connectivity index (χ1v) is 15.2. The van der Waals surface area contributed by atoms with Crippen LogP contribution in [0.2, 0.25) is 10.0 Å². The minimum atomic E-state index is -2.38. The third kappa shape index (κ3) is 5.05. The summed E-state index contributed by atoms with van der Waals surface area (Å²) in [6, 6.07) is 28.9. The van der Waals surface area contributed by atoms with Crippen molar-refractivity contribution in [3.8, 4) is 0 Å². The first-order chi connectivity index (χ1) is 21.2. The van der Waals surface area contributed by atoms with Crippen LogP contribution in [0.25, 0.3) is 0 Å². The predicted molar refractivity (Wildman–Crippen MR) is 167 cm³/mol. The maximum absolute atomic E-state index is 14.6. The number of aliphatic carboxylic acids is 1. The van der Waals surface area contributed by atoms with Gasteiger partial charge in [0, 0.05) is 33.8 Å². The van der Waals surface area contributed by atoms with Crippen LogP contribution in [0.3, 0.4) is 0 Å². The van der Waals surface area contributed by atoms with Crippen LogP contribution in [0.1, 0.15) is 41.0 Å². The predicted octanol–water partition coefficient (Wildman–Crippen LogP) is 5.72. The van der Waals surface area contributed by atoms with Crippen LogP contribution < -0.4 is 0 Å². The Labute approximate surface area is 265 Å². The van der Waals surface area contributed by atoms with E-state index in [9.17, 15) is 24.6 Å². The molecule has 2 N–H and O–H groups in total. The quantitative estimate of drug-likeness (QED) is 0.273. The Balaban J connectivity index is 1.42. The molecule has 2 amide bonds. The summed E-state index contributed by atoms with van der Waals surface area (Å²) in [5.74, 6) is -3.00. The molecule has 0 saturated carbocycles. The smallest absolute Gasteiger partial charge is 0.328 e. The van der Waals surface area contributed by atoms with Crippen molar-refractivity contribution in [1.82, 2.24) is 9.80 Å². The number of aliphatic hydroxyl groups is 1. The summed E-state index contributed by atoms with van der Waals surface area (Å²) in [5, 5.41) is 23.2. The van der Waals surface area contributed by atoms with E-state index in [1.165, 1.54) is 17.0 Å². The zero-order valence-corrected chi connectivity index (χ0v) is 25.1. The van der Waals surface area contributed by atoms with Gasteiger partial charge in [-0.25, -0.2) is 4.79 Å². The third-order valence-corrected chi connectivity index (χ3v) is 9.43. The molecule has 4 aromatic carbocycles. The molecule has 2 aliphatic rings. The van der Waals surface area contributed by atoms with Gasteiger partial charge in [0.1, 0.15) is 6.04 Å². The number of likely N-dealkylation sites (tertiary alicyclic amines) is 1. The van der Waals surface area contributed by atoms with Crippen LogP contribution in [0, 0.1) is 0 Å². The summed E-state index contributed by atoms with van der Waals surface area (Å²) in [5.41, 5.74) is -0.626. The van der Waals surface area contributed by atoms with Crippen molar-refractivity contribution in [3.63, 3.8) is 0 Å². The van der Waals surface area contributed by atoms with E-state index in [0.717, 1.165) is 11.1 Å². The maximum Gasteiger partial charge on any atom is 0.328 e. The van der Waals surface area contributed by atoms with Crippen LogP contribution >= 0.6 is 23.2 Å². The van der Waals surface area contributed by atoms with Crippen LogP contribution in [-0.4, -0.2) is 62.5 Å². The second kappa shape index (κ2) is 12.1. The zero-order valence-electron chi connectivity index (χ0n) is 23.6. The van der Waals surface area contributed by atoms with E-state index in [1.807, 2.05) is 60.7 Å². The van der Waals surface area contributed by atoms with Gasteiger partial charge in [-0.05, 0) is 36.1 Å². The molecule has 4 aromatic rings. The molecule has 1 unspecified atom stereocenters. The van der Waals surface area contributed by atoms with Gasteiger partial charge in [-0.3, -0.25) is 9.59 Å². The van der Waals surface area contributed by atoms with Crippen molar-refractivity contribution in [2.45, 2.75) is 42.5 Å². The Bertz CT molecular complexity index is 1610. The fourth-order valence-electron chi connectivity index (χ4n) is 6.81. The number of amides is 2. The first kappa shape index (κ1) is 29.9. The van der Waals surface area contributed by atoms with E-state index < -0.39 is 41.5 Å². The van der Waals surface area contributed by atoms with E-state index in [0.29, 0.717) is 12.8 Å². The number of carboxylic acid groups (broad SMARTS) is 1. The Kier molecular flexibility index (Phi) is 8.20. The molecular formula is C35H30Cl2N2O5.